The summed E-state index contributed by atoms with van der Waals surface area (Å²) in [6.45, 7) is 4.49. The van der Waals surface area contributed by atoms with Crippen molar-refractivity contribution >= 4 is 22.6 Å². The molecule has 0 heterocycles. The molecule has 1 fully saturated rings. The van der Waals surface area contributed by atoms with Crippen molar-refractivity contribution in [2.45, 2.75) is 62.0 Å². The summed E-state index contributed by atoms with van der Waals surface area (Å²) in [6, 6.07) is 1.44. The fourth-order valence-corrected chi connectivity index (χ4v) is 2.98. The third kappa shape index (κ3) is 4.08. The maximum absolute atomic E-state index is 3.65. The lowest BCUT2D eigenvalue weighted by Gasteiger charge is -2.20. The predicted octanol–water partition coefficient (Wildman–Crippen LogP) is 3.12. The number of rotatable bonds is 2. The van der Waals surface area contributed by atoms with Gasteiger partial charge in [0.15, 0.2) is 0 Å². The van der Waals surface area contributed by atoms with Crippen molar-refractivity contribution in [1.82, 2.24) is 5.32 Å². The van der Waals surface area contributed by atoms with Gasteiger partial charge in [0.05, 0.1) is 0 Å². The molecule has 1 rings (SSSR count). The van der Waals surface area contributed by atoms with Gasteiger partial charge in [0.1, 0.15) is 0 Å². The molecular formula is C10H20IN. The molecule has 72 valence electrons. The molecule has 0 radical (unpaired) electrons. The van der Waals surface area contributed by atoms with Gasteiger partial charge in [-0.1, -0.05) is 49.3 Å². The molecule has 1 nitrogen and oxygen atoms in total. The molecule has 0 aromatic rings. The molecule has 0 aromatic heterocycles. The Labute approximate surface area is 89.8 Å². The van der Waals surface area contributed by atoms with Crippen LogP contribution in [0, 0.1) is 0 Å². The summed E-state index contributed by atoms with van der Waals surface area (Å²) < 4.78 is 0.904. The van der Waals surface area contributed by atoms with Gasteiger partial charge in [0.2, 0.25) is 0 Å². The van der Waals surface area contributed by atoms with E-state index in [2.05, 4.69) is 41.8 Å². The lowest BCUT2D eigenvalue weighted by molar-refractivity contribution is 0.427. The predicted molar refractivity (Wildman–Crippen MR) is 63.0 cm³/mol. The summed E-state index contributed by atoms with van der Waals surface area (Å²) in [5.74, 6) is 0. The molecule has 0 bridgehead atoms. The SMILES string of the molecule is CC(C)NC1CCCCC(I)C1. The average molecular weight is 281 g/mol. The van der Waals surface area contributed by atoms with E-state index >= 15 is 0 Å². The quantitative estimate of drug-likeness (QED) is 0.466. The highest BCUT2D eigenvalue weighted by molar-refractivity contribution is 14.1. The lowest BCUT2D eigenvalue weighted by Crippen LogP contribution is -2.35. The van der Waals surface area contributed by atoms with Crippen LogP contribution in [-0.4, -0.2) is 16.0 Å². The van der Waals surface area contributed by atoms with Crippen LogP contribution in [0.15, 0.2) is 0 Å². The van der Waals surface area contributed by atoms with Gasteiger partial charge in [-0.25, -0.2) is 0 Å². The van der Waals surface area contributed by atoms with Crippen LogP contribution in [0.5, 0.6) is 0 Å². The van der Waals surface area contributed by atoms with Crippen LogP contribution in [0.2, 0.25) is 0 Å². The third-order valence-corrected chi connectivity index (χ3v) is 3.56. The first-order valence-electron chi connectivity index (χ1n) is 5.08. The second-order valence-corrected chi connectivity index (χ2v) is 5.90. The van der Waals surface area contributed by atoms with E-state index < -0.39 is 0 Å². The zero-order valence-corrected chi connectivity index (χ0v) is 10.3. The normalized spacial score (nSPS) is 32.0. The Balaban J connectivity index is 2.31. The van der Waals surface area contributed by atoms with E-state index in [1.165, 1.54) is 32.1 Å². The van der Waals surface area contributed by atoms with Crippen LogP contribution in [-0.2, 0) is 0 Å². The van der Waals surface area contributed by atoms with Crippen LogP contribution < -0.4 is 5.32 Å². The first kappa shape index (κ1) is 10.8. The number of halogens is 1. The topological polar surface area (TPSA) is 12.0 Å². The Hall–Kier alpha value is 0.690. The van der Waals surface area contributed by atoms with E-state index in [-0.39, 0.29) is 0 Å². The van der Waals surface area contributed by atoms with E-state index in [1.54, 1.807) is 0 Å². The maximum Gasteiger partial charge on any atom is 0.0124 e. The van der Waals surface area contributed by atoms with Crippen molar-refractivity contribution in [3.8, 4) is 0 Å². The van der Waals surface area contributed by atoms with Crippen molar-refractivity contribution in [3.63, 3.8) is 0 Å². The fraction of sp³-hybridized carbons (Fsp3) is 1.00. The fourth-order valence-electron chi connectivity index (χ4n) is 1.92. The third-order valence-electron chi connectivity index (χ3n) is 2.43. The van der Waals surface area contributed by atoms with Crippen molar-refractivity contribution in [3.05, 3.63) is 0 Å². The monoisotopic (exact) mass is 281 g/mol. The molecule has 2 atom stereocenters. The van der Waals surface area contributed by atoms with Crippen LogP contribution in [0.4, 0.5) is 0 Å². The second-order valence-electron chi connectivity index (χ2n) is 4.14. The minimum atomic E-state index is 0.650. The van der Waals surface area contributed by atoms with Gasteiger partial charge in [-0.2, -0.15) is 0 Å². The van der Waals surface area contributed by atoms with E-state index in [0.29, 0.717) is 6.04 Å². The highest BCUT2D eigenvalue weighted by atomic mass is 127. The minimum Gasteiger partial charge on any atom is -0.312 e. The smallest absolute Gasteiger partial charge is 0.0124 e. The van der Waals surface area contributed by atoms with Gasteiger partial charge < -0.3 is 5.32 Å². The Kier molecular flexibility index (Phi) is 4.87. The molecule has 2 heteroatoms. The Morgan fingerprint density at radius 3 is 2.58 bits per heavy atom. The van der Waals surface area contributed by atoms with Gasteiger partial charge in [0, 0.05) is 16.0 Å². The van der Waals surface area contributed by atoms with E-state index in [9.17, 15) is 0 Å². The molecule has 12 heavy (non-hydrogen) atoms. The van der Waals surface area contributed by atoms with Gasteiger partial charge in [-0.3, -0.25) is 0 Å². The van der Waals surface area contributed by atoms with Crippen molar-refractivity contribution in [2.75, 3.05) is 0 Å². The molecular weight excluding hydrogens is 261 g/mol. The standard InChI is InChI=1S/C10H20IN/c1-8(2)12-10-6-4-3-5-9(11)7-10/h8-10,12H,3-7H2,1-2H3. The zero-order chi connectivity index (χ0) is 8.97. The van der Waals surface area contributed by atoms with E-state index in [1.807, 2.05) is 0 Å². The first-order valence-corrected chi connectivity index (χ1v) is 6.33. The molecule has 0 aromatic carbocycles. The second kappa shape index (κ2) is 5.43. The van der Waals surface area contributed by atoms with Crippen molar-refractivity contribution in [1.29, 1.82) is 0 Å². The van der Waals surface area contributed by atoms with Gasteiger partial charge in [0.25, 0.3) is 0 Å². The Bertz CT molecular complexity index is 125. The summed E-state index contributed by atoms with van der Waals surface area (Å²) in [7, 11) is 0. The van der Waals surface area contributed by atoms with Crippen molar-refractivity contribution < 1.29 is 0 Å². The van der Waals surface area contributed by atoms with E-state index in [0.717, 1.165) is 9.97 Å². The first-order chi connectivity index (χ1) is 5.68. The van der Waals surface area contributed by atoms with Crippen LogP contribution >= 0.6 is 22.6 Å². The van der Waals surface area contributed by atoms with Gasteiger partial charge >= 0.3 is 0 Å². The Morgan fingerprint density at radius 2 is 1.92 bits per heavy atom. The zero-order valence-electron chi connectivity index (χ0n) is 8.15. The molecule has 2 unspecified atom stereocenters. The largest absolute Gasteiger partial charge is 0.312 e. The molecule has 0 saturated heterocycles. The van der Waals surface area contributed by atoms with Crippen LogP contribution in [0.3, 0.4) is 0 Å². The number of alkyl halides is 1. The summed E-state index contributed by atoms with van der Waals surface area (Å²) >= 11 is 2.60. The molecule has 1 N–H and O–H groups in total. The minimum absolute atomic E-state index is 0.650. The number of hydrogen-bond acceptors (Lipinski definition) is 1. The Morgan fingerprint density at radius 1 is 1.25 bits per heavy atom. The van der Waals surface area contributed by atoms with Crippen molar-refractivity contribution in [2.24, 2.45) is 0 Å². The lowest BCUT2D eigenvalue weighted by atomic mass is 10.1. The molecule has 1 aliphatic carbocycles. The van der Waals surface area contributed by atoms with Gasteiger partial charge in [-0.15, -0.1) is 0 Å². The molecule has 1 saturated carbocycles. The van der Waals surface area contributed by atoms with Crippen LogP contribution in [0.1, 0.15) is 46.0 Å². The summed E-state index contributed by atoms with van der Waals surface area (Å²) in [5.41, 5.74) is 0. The van der Waals surface area contributed by atoms with E-state index in [4.69, 9.17) is 0 Å². The molecule has 0 amide bonds. The highest BCUT2D eigenvalue weighted by Gasteiger charge is 2.17. The maximum atomic E-state index is 3.65. The summed E-state index contributed by atoms with van der Waals surface area (Å²) in [4.78, 5) is 0. The molecule has 0 spiro atoms. The van der Waals surface area contributed by atoms with Gasteiger partial charge in [-0.05, 0) is 19.3 Å². The average Bonchev–Trinajstić information content (AvgIpc) is 2.12. The summed E-state index contributed by atoms with van der Waals surface area (Å²) in [5, 5.41) is 3.65. The highest BCUT2D eigenvalue weighted by Crippen LogP contribution is 2.23. The number of nitrogens with one attached hydrogen (secondary N) is 1. The summed E-state index contributed by atoms with van der Waals surface area (Å²) in [6.07, 6.45) is 7.04. The van der Waals surface area contributed by atoms with Crippen LogP contribution in [0.25, 0.3) is 0 Å². The number of hydrogen-bond donors (Lipinski definition) is 1. The molecule has 0 aliphatic heterocycles. The molecule has 1 aliphatic rings.